The minimum Gasteiger partial charge on any atom is -0.0616 e. The van der Waals surface area contributed by atoms with Crippen LogP contribution in [0.5, 0.6) is 0 Å². The number of hydrogen-bond donors (Lipinski definition) is 0. The minimum absolute atomic E-state index is 1.35. The smallest absolute Gasteiger partial charge is 0.0616 e. The van der Waals surface area contributed by atoms with Crippen molar-refractivity contribution >= 4 is 29.2 Å². The van der Waals surface area contributed by atoms with Crippen LogP contribution in [0.1, 0.15) is 5.56 Å². The lowest BCUT2D eigenvalue weighted by atomic mass is 9.98. The molecule has 0 saturated carbocycles. The lowest BCUT2D eigenvalue weighted by Gasteiger charge is -2.19. The SMILES string of the molecule is Cc1ccc2c(c1)[Si](C)(C)c1ccc3ccccc3c1-2. The Hall–Kier alpha value is -1.86. The zero-order valence-corrected chi connectivity index (χ0v) is 13.2. The van der Waals surface area contributed by atoms with E-state index in [1.54, 1.807) is 10.4 Å². The standard InChI is InChI=1S/C19H18Si/c1-13-8-10-16-18(12-13)20(2,3)17-11-9-14-6-4-5-7-15(14)19(16)17/h4-12H,1-3H3. The fraction of sp³-hybridized carbons (Fsp3) is 0.158. The molecule has 0 bridgehead atoms. The molecular formula is C19H18Si. The normalized spacial score (nSPS) is 15.2. The molecule has 0 nitrogen and oxygen atoms in total. The molecule has 20 heavy (non-hydrogen) atoms. The second kappa shape index (κ2) is 3.83. The van der Waals surface area contributed by atoms with Crippen molar-refractivity contribution in [3.8, 4) is 11.1 Å². The van der Waals surface area contributed by atoms with E-state index in [9.17, 15) is 0 Å². The molecule has 0 radical (unpaired) electrons. The van der Waals surface area contributed by atoms with Crippen molar-refractivity contribution in [3.05, 3.63) is 60.2 Å². The second-order valence-corrected chi connectivity index (χ2v) is 10.7. The van der Waals surface area contributed by atoms with Gasteiger partial charge in [0, 0.05) is 0 Å². The third kappa shape index (κ3) is 1.41. The first kappa shape index (κ1) is 11.9. The maximum Gasteiger partial charge on any atom is 0.113 e. The van der Waals surface area contributed by atoms with Crippen LogP contribution < -0.4 is 10.4 Å². The first-order valence-electron chi connectivity index (χ1n) is 7.23. The molecule has 0 amide bonds. The van der Waals surface area contributed by atoms with Crippen molar-refractivity contribution < 1.29 is 0 Å². The molecule has 0 fully saturated rings. The Kier molecular flexibility index (Phi) is 2.28. The molecule has 0 spiro atoms. The minimum atomic E-state index is -1.53. The average molecular weight is 274 g/mol. The zero-order valence-electron chi connectivity index (χ0n) is 12.2. The Morgan fingerprint density at radius 3 is 2.45 bits per heavy atom. The van der Waals surface area contributed by atoms with Gasteiger partial charge in [-0.15, -0.1) is 0 Å². The molecule has 0 N–H and O–H groups in total. The van der Waals surface area contributed by atoms with Crippen molar-refractivity contribution in [1.82, 2.24) is 0 Å². The molecule has 3 aromatic carbocycles. The van der Waals surface area contributed by atoms with Crippen LogP contribution in [-0.2, 0) is 0 Å². The summed E-state index contributed by atoms with van der Waals surface area (Å²) in [7, 11) is -1.53. The van der Waals surface area contributed by atoms with E-state index in [4.69, 9.17) is 0 Å². The summed E-state index contributed by atoms with van der Waals surface area (Å²) in [5.41, 5.74) is 4.34. The maximum atomic E-state index is 2.48. The van der Waals surface area contributed by atoms with Crippen molar-refractivity contribution in [2.45, 2.75) is 20.0 Å². The predicted molar refractivity (Wildman–Crippen MR) is 90.9 cm³/mol. The summed E-state index contributed by atoms with van der Waals surface area (Å²) < 4.78 is 0. The van der Waals surface area contributed by atoms with Crippen LogP contribution in [0.25, 0.3) is 21.9 Å². The summed E-state index contributed by atoms with van der Waals surface area (Å²) in [5.74, 6) is 0. The van der Waals surface area contributed by atoms with E-state index in [0.717, 1.165) is 0 Å². The summed E-state index contributed by atoms with van der Waals surface area (Å²) in [4.78, 5) is 0. The van der Waals surface area contributed by atoms with E-state index in [1.807, 2.05) is 0 Å². The van der Waals surface area contributed by atoms with Gasteiger partial charge in [-0.2, -0.15) is 0 Å². The first-order chi connectivity index (χ1) is 9.59. The third-order valence-corrected chi connectivity index (χ3v) is 8.24. The second-order valence-electron chi connectivity index (χ2n) is 6.38. The highest BCUT2D eigenvalue weighted by Gasteiger charge is 2.37. The van der Waals surface area contributed by atoms with E-state index in [0.29, 0.717) is 0 Å². The molecule has 0 unspecified atom stereocenters. The van der Waals surface area contributed by atoms with E-state index in [2.05, 4.69) is 74.6 Å². The Labute approximate surface area is 121 Å². The predicted octanol–water partition coefficient (Wildman–Crippen LogP) is 3.95. The van der Waals surface area contributed by atoms with Gasteiger partial charge in [-0.3, -0.25) is 0 Å². The van der Waals surface area contributed by atoms with E-state index < -0.39 is 8.07 Å². The molecule has 98 valence electrons. The van der Waals surface area contributed by atoms with Gasteiger partial charge in [0.25, 0.3) is 0 Å². The van der Waals surface area contributed by atoms with Gasteiger partial charge in [0.2, 0.25) is 0 Å². The van der Waals surface area contributed by atoms with Gasteiger partial charge in [-0.25, -0.2) is 0 Å². The molecule has 0 aliphatic carbocycles. The number of benzene rings is 3. The molecule has 3 aromatic rings. The van der Waals surface area contributed by atoms with Crippen molar-refractivity contribution in [3.63, 3.8) is 0 Å². The summed E-state index contributed by atoms with van der Waals surface area (Å²) in [5, 5.41) is 5.96. The molecule has 4 rings (SSSR count). The maximum absolute atomic E-state index is 2.48. The first-order valence-corrected chi connectivity index (χ1v) is 10.2. The lowest BCUT2D eigenvalue weighted by Crippen LogP contribution is -2.49. The fourth-order valence-corrected chi connectivity index (χ4v) is 6.78. The fourth-order valence-electron chi connectivity index (χ4n) is 3.62. The zero-order chi connectivity index (χ0) is 13.9. The summed E-state index contributed by atoms with van der Waals surface area (Å²) in [6.45, 7) is 7.16. The Morgan fingerprint density at radius 2 is 1.60 bits per heavy atom. The quantitative estimate of drug-likeness (QED) is 0.545. The molecule has 1 heterocycles. The topological polar surface area (TPSA) is 0 Å². The van der Waals surface area contributed by atoms with E-state index in [-0.39, 0.29) is 0 Å². The summed E-state index contributed by atoms with van der Waals surface area (Å²) >= 11 is 0. The van der Waals surface area contributed by atoms with Crippen LogP contribution in [-0.4, -0.2) is 8.07 Å². The van der Waals surface area contributed by atoms with Crippen LogP contribution in [0.4, 0.5) is 0 Å². The van der Waals surface area contributed by atoms with Crippen molar-refractivity contribution in [2.75, 3.05) is 0 Å². The van der Waals surface area contributed by atoms with Gasteiger partial charge in [0.05, 0.1) is 0 Å². The molecule has 0 aromatic heterocycles. The van der Waals surface area contributed by atoms with Gasteiger partial charge in [-0.05, 0) is 39.2 Å². The summed E-state index contributed by atoms with van der Waals surface area (Å²) in [6.07, 6.45) is 0. The number of aryl methyl sites for hydroxylation is 1. The Bertz CT molecular complexity index is 844. The highest BCUT2D eigenvalue weighted by atomic mass is 28.3. The van der Waals surface area contributed by atoms with Gasteiger partial charge < -0.3 is 0 Å². The monoisotopic (exact) mass is 274 g/mol. The number of rotatable bonds is 0. The lowest BCUT2D eigenvalue weighted by molar-refractivity contribution is 1.49. The highest BCUT2D eigenvalue weighted by molar-refractivity contribution is 7.04. The molecule has 1 aliphatic heterocycles. The van der Waals surface area contributed by atoms with Crippen LogP contribution in [0.15, 0.2) is 54.6 Å². The molecule has 0 atom stereocenters. The Balaban J connectivity index is 2.20. The molecular weight excluding hydrogens is 256 g/mol. The molecule has 1 heteroatoms. The van der Waals surface area contributed by atoms with Gasteiger partial charge >= 0.3 is 0 Å². The number of fused-ring (bicyclic) bond motifs is 5. The van der Waals surface area contributed by atoms with Gasteiger partial charge in [0.15, 0.2) is 0 Å². The van der Waals surface area contributed by atoms with Crippen LogP contribution in [0.3, 0.4) is 0 Å². The largest absolute Gasteiger partial charge is 0.113 e. The highest BCUT2D eigenvalue weighted by Crippen LogP contribution is 2.34. The van der Waals surface area contributed by atoms with E-state index >= 15 is 0 Å². The average Bonchev–Trinajstić information content (AvgIpc) is 2.68. The summed E-state index contributed by atoms with van der Waals surface area (Å²) in [6, 6.07) is 20.4. The van der Waals surface area contributed by atoms with Gasteiger partial charge in [0.1, 0.15) is 8.07 Å². The van der Waals surface area contributed by atoms with E-state index in [1.165, 1.54) is 27.5 Å². The molecule has 0 saturated heterocycles. The van der Waals surface area contributed by atoms with Crippen LogP contribution in [0, 0.1) is 6.92 Å². The van der Waals surface area contributed by atoms with Crippen molar-refractivity contribution in [2.24, 2.45) is 0 Å². The molecule has 1 aliphatic rings. The van der Waals surface area contributed by atoms with Crippen molar-refractivity contribution in [1.29, 1.82) is 0 Å². The Morgan fingerprint density at radius 1 is 0.800 bits per heavy atom. The van der Waals surface area contributed by atoms with Crippen LogP contribution >= 0.6 is 0 Å². The van der Waals surface area contributed by atoms with Crippen LogP contribution in [0.2, 0.25) is 13.1 Å². The third-order valence-electron chi connectivity index (χ3n) is 4.72. The van der Waals surface area contributed by atoms with Gasteiger partial charge in [-0.1, -0.05) is 73.3 Å². The number of hydrogen-bond acceptors (Lipinski definition) is 0.